The van der Waals surface area contributed by atoms with Crippen LogP contribution in [0, 0.1) is 10.6 Å². The minimum Gasteiger partial charge on any atom is -0.463 e. The maximum Gasteiger partial charge on any atom is 0.315 e. The van der Waals surface area contributed by atoms with Gasteiger partial charge in [-0.05, 0) is 38.5 Å². The second-order valence-corrected chi connectivity index (χ2v) is 8.13. The first kappa shape index (κ1) is 19.7. The number of rotatable bonds is 5. The number of ether oxygens (including phenoxy) is 2. The highest BCUT2D eigenvalue weighted by molar-refractivity contribution is 7.71. The second-order valence-electron chi connectivity index (χ2n) is 7.74. The van der Waals surface area contributed by atoms with Crippen LogP contribution in [-0.4, -0.2) is 44.9 Å². The molecule has 2 aliphatic rings. The maximum atomic E-state index is 13.4. The predicted octanol–water partition coefficient (Wildman–Crippen LogP) is 4.38. The summed E-state index contributed by atoms with van der Waals surface area (Å²) in [6.07, 6.45) is 4.40. The van der Waals surface area contributed by atoms with Crippen LogP contribution in [0.5, 0.6) is 6.01 Å². The Morgan fingerprint density at radius 3 is 2.64 bits per heavy atom. The third kappa shape index (κ3) is 3.91. The van der Waals surface area contributed by atoms with E-state index >= 15 is 0 Å². The molecule has 0 unspecified atom stereocenters. The highest BCUT2D eigenvalue weighted by Crippen LogP contribution is 2.36. The van der Waals surface area contributed by atoms with E-state index in [4.69, 9.17) is 26.8 Å². The third-order valence-electron chi connectivity index (χ3n) is 5.83. The average Bonchev–Trinajstić information content (AvgIpc) is 3.12. The number of aromatic nitrogens is 4. The molecule has 1 saturated carbocycles. The van der Waals surface area contributed by atoms with E-state index in [0.29, 0.717) is 36.6 Å². The molecule has 0 amide bonds. The first-order chi connectivity index (χ1) is 13.5. The SMILES string of the molecule is CCn1c(OCC2CCC(F)(F)CC2)nn2c(C3CCOCC3)ncc2c1=S. The quantitative estimate of drug-likeness (QED) is 0.683. The number of fused-ring (bicyclic) bond motifs is 1. The van der Waals surface area contributed by atoms with Crippen molar-refractivity contribution in [3.8, 4) is 6.01 Å². The molecular weight excluding hydrogens is 386 g/mol. The lowest BCUT2D eigenvalue weighted by atomic mass is 9.87. The molecule has 28 heavy (non-hydrogen) atoms. The van der Waals surface area contributed by atoms with Crippen molar-refractivity contribution in [2.24, 2.45) is 5.92 Å². The Morgan fingerprint density at radius 1 is 1.25 bits per heavy atom. The van der Waals surface area contributed by atoms with Crippen molar-refractivity contribution in [1.82, 2.24) is 19.2 Å². The predicted molar refractivity (Wildman–Crippen MR) is 103 cm³/mol. The standard InChI is InChI=1S/C19H26F2N4O2S/c1-2-24-17(28)15-11-22-16(14-5-9-26-10-6-14)25(15)23-18(24)27-12-13-3-7-19(20,21)8-4-13/h11,13-14H,2-10,12H2,1H3. The van der Waals surface area contributed by atoms with E-state index in [0.717, 1.165) is 37.4 Å². The molecule has 0 atom stereocenters. The Balaban J connectivity index is 1.59. The largest absolute Gasteiger partial charge is 0.463 e. The Morgan fingerprint density at radius 2 is 1.96 bits per heavy atom. The van der Waals surface area contributed by atoms with Crippen LogP contribution in [0.15, 0.2) is 6.20 Å². The molecular formula is C19H26F2N4O2S. The van der Waals surface area contributed by atoms with Gasteiger partial charge in [-0.1, -0.05) is 12.2 Å². The lowest BCUT2D eigenvalue weighted by Gasteiger charge is -2.28. The molecule has 0 radical (unpaired) electrons. The molecule has 1 saturated heterocycles. The third-order valence-corrected chi connectivity index (χ3v) is 6.26. The lowest BCUT2D eigenvalue weighted by molar-refractivity contribution is -0.0503. The number of hydrogen-bond acceptors (Lipinski definition) is 5. The van der Waals surface area contributed by atoms with Gasteiger partial charge in [0.05, 0.1) is 12.8 Å². The van der Waals surface area contributed by atoms with E-state index in [-0.39, 0.29) is 24.7 Å². The molecule has 9 heteroatoms. The summed E-state index contributed by atoms with van der Waals surface area (Å²) < 4.78 is 42.5. The summed E-state index contributed by atoms with van der Waals surface area (Å²) in [4.78, 5) is 4.59. The highest BCUT2D eigenvalue weighted by atomic mass is 32.1. The van der Waals surface area contributed by atoms with Gasteiger partial charge in [0, 0.05) is 38.5 Å². The molecule has 0 bridgehead atoms. The Bertz CT molecular complexity index is 882. The summed E-state index contributed by atoms with van der Waals surface area (Å²) in [6, 6.07) is 0.434. The molecule has 154 valence electrons. The van der Waals surface area contributed by atoms with Gasteiger partial charge in [0.1, 0.15) is 16.0 Å². The fourth-order valence-corrected chi connectivity index (χ4v) is 4.40. The van der Waals surface area contributed by atoms with Crippen molar-refractivity contribution >= 4 is 17.7 Å². The molecule has 1 aliphatic carbocycles. The van der Waals surface area contributed by atoms with E-state index in [2.05, 4.69) is 4.98 Å². The zero-order valence-corrected chi connectivity index (χ0v) is 16.9. The summed E-state index contributed by atoms with van der Waals surface area (Å²) in [6.45, 7) is 4.43. The fourth-order valence-electron chi connectivity index (χ4n) is 4.05. The molecule has 4 rings (SSSR count). The Kier molecular flexibility index (Phi) is 5.64. The van der Waals surface area contributed by atoms with Crippen LogP contribution < -0.4 is 4.74 Å². The van der Waals surface area contributed by atoms with Gasteiger partial charge in [0.25, 0.3) is 0 Å². The summed E-state index contributed by atoms with van der Waals surface area (Å²) in [5.74, 6) is -1.24. The Labute approximate surface area is 167 Å². The van der Waals surface area contributed by atoms with E-state index < -0.39 is 5.92 Å². The smallest absolute Gasteiger partial charge is 0.315 e. The van der Waals surface area contributed by atoms with Crippen LogP contribution in [0.1, 0.15) is 57.2 Å². The van der Waals surface area contributed by atoms with Gasteiger partial charge in [-0.3, -0.25) is 4.57 Å². The molecule has 0 spiro atoms. The van der Waals surface area contributed by atoms with E-state index in [1.807, 2.05) is 11.5 Å². The number of nitrogens with zero attached hydrogens (tertiary/aromatic N) is 4. The normalized spacial score (nSPS) is 21.2. The number of halogens is 2. The van der Waals surface area contributed by atoms with Gasteiger partial charge >= 0.3 is 6.01 Å². The molecule has 2 aromatic heterocycles. The first-order valence-electron chi connectivity index (χ1n) is 10.1. The second kappa shape index (κ2) is 8.02. The van der Waals surface area contributed by atoms with Gasteiger partial charge in [-0.2, -0.15) is 0 Å². The van der Waals surface area contributed by atoms with Crippen molar-refractivity contribution in [3.63, 3.8) is 0 Å². The summed E-state index contributed by atoms with van der Waals surface area (Å²) >= 11 is 5.65. The first-order valence-corrected chi connectivity index (χ1v) is 10.5. The summed E-state index contributed by atoms with van der Waals surface area (Å²) in [7, 11) is 0. The minimum atomic E-state index is -2.53. The van der Waals surface area contributed by atoms with Crippen LogP contribution >= 0.6 is 12.2 Å². The van der Waals surface area contributed by atoms with Crippen molar-refractivity contribution in [1.29, 1.82) is 0 Å². The van der Waals surface area contributed by atoms with Crippen molar-refractivity contribution < 1.29 is 18.3 Å². The van der Waals surface area contributed by atoms with E-state index in [9.17, 15) is 8.78 Å². The molecule has 3 heterocycles. The topological polar surface area (TPSA) is 53.6 Å². The minimum absolute atomic E-state index is 0.0665. The van der Waals surface area contributed by atoms with Crippen LogP contribution in [0.4, 0.5) is 8.78 Å². The van der Waals surface area contributed by atoms with E-state index in [1.165, 1.54) is 0 Å². The average molecular weight is 413 g/mol. The zero-order chi connectivity index (χ0) is 19.7. The van der Waals surface area contributed by atoms with E-state index in [1.54, 1.807) is 10.7 Å². The monoisotopic (exact) mass is 412 g/mol. The molecule has 6 nitrogen and oxygen atoms in total. The van der Waals surface area contributed by atoms with Crippen LogP contribution in [0.2, 0.25) is 0 Å². The molecule has 2 fully saturated rings. The molecule has 1 aliphatic heterocycles. The van der Waals surface area contributed by atoms with Crippen molar-refractivity contribution in [2.45, 2.75) is 63.8 Å². The number of imidazole rings is 1. The fraction of sp³-hybridized carbons (Fsp3) is 0.737. The van der Waals surface area contributed by atoms with Crippen molar-refractivity contribution in [3.05, 3.63) is 16.7 Å². The summed E-state index contributed by atoms with van der Waals surface area (Å²) in [5.41, 5.74) is 0.794. The maximum absolute atomic E-state index is 13.4. The van der Waals surface area contributed by atoms with Gasteiger partial charge in [0.15, 0.2) is 0 Å². The van der Waals surface area contributed by atoms with Gasteiger partial charge in [0.2, 0.25) is 5.92 Å². The highest BCUT2D eigenvalue weighted by Gasteiger charge is 2.35. The molecule has 0 aromatic carbocycles. The lowest BCUT2D eigenvalue weighted by Crippen LogP contribution is -2.28. The zero-order valence-electron chi connectivity index (χ0n) is 16.1. The van der Waals surface area contributed by atoms with Crippen molar-refractivity contribution in [2.75, 3.05) is 19.8 Å². The van der Waals surface area contributed by atoms with Gasteiger partial charge < -0.3 is 9.47 Å². The number of hydrogen-bond donors (Lipinski definition) is 0. The summed E-state index contributed by atoms with van der Waals surface area (Å²) in [5, 5.41) is 4.69. The molecule has 0 N–H and O–H groups in total. The van der Waals surface area contributed by atoms with Gasteiger partial charge in [-0.15, -0.1) is 5.10 Å². The van der Waals surface area contributed by atoms with Crippen LogP contribution in [0.25, 0.3) is 5.52 Å². The molecule has 2 aromatic rings. The number of alkyl halides is 2. The van der Waals surface area contributed by atoms with Gasteiger partial charge in [-0.25, -0.2) is 18.3 Å². The Hall–Kier alpha value is -1.61. The van der Waals surface area contributed by atoms with Crippen LogP contribution in [0.3, 0.4) is 0 Å². The van der Waals surface area contributed by atoms with Crippen LogP contribution in [-0.2, 0) is 11.3 Å².